The fraction of sp³-hybridized carbons (Fsp3) is 0.282. The number of unbranched alkanes of at least 4 members (excludes halogenated alkanes) is 2. The topological polar surface area (TPSA) is 37.4 Å². The second-order valence-corrected chi connectivity index (χ2v) is 12.4. The Hall–Kier alpha value is -4.38. The summed E-state index contributed by atoms with van der Waals surface area (Å²) in [6.07, 6.45) is 7.12. The van der Waals surface area contributed by atoms with Crippen LogP contribution in [-0.4, -0.2) is 11.6 Å². The summed E-state index contributed by atoms with van der Waals surface area (Å²) >= 11 is 0. The SMILES string of the molecule is CCCCc1cc(N2c3ccccc3C(C)(C)c3ccccc32)c(CCCC)cc1C=C1C(=O)c2cc(F)c(F)cc2C1=O. The van der Waals surface area contributed by atoms with E-state index in [0.29, 0.717) is 0 Å². The van der Waals surface area contributed by atoms with Crippen molar-refractivity contribution in [1.82, 2.24) is 0 Å². The van der Waals surface area contributed by atoms with E-state index in [9.17, 15) is 18.4 Å². The van der Waals surface area contributed by atoms with Gasteiger partial charge in [-0.3, -0.25) is 9.59 Å². The molecule has 0 radical (unpaired) electrons. The first-order valence-corrected chi connectivity index (χ1v) is 15.6. The van der Waals surface area contributed by atoms with Gasteiger partial charge in [0.25, 0.3) is 0 Å². The van der Waals surface area contributed by atoms with Gasteiger partial charge >= 0.3 is 0 Å². The predicted molar refractivity (Wildman–Crippen MR) is 173 cm³/mol. The number of carbonyl (C=O) groups is 2. The zero-order chi connectivity index (χ0) is 31.2. The summed E-state index contributed by atoms with van der Waals surface area (Å²) < 4.78 is 28.0. The van der Waals surface area contributed by atoms with Gasteiger partial charge in [0.05, 0.1) is 16.9 Å². The van der Waals surface area contributed by atoms with Gasteiger partial charge in [0.1, 0.15) is 0 Å². The maximum absolute atomic E-state index is 14.0. The summed E-state index contributed by atoms with van der Waals surface area (Å²) in [5.41, 5.74) is 8.44. The molecule has 0 bridgehead atoms. The fourth-order valence-corrected chi connectivity index (χ4v) is 6.72. The average Bonchev–Trinajstić information content (AvgIpc) is 3.24. The molecule has 1 aliphatic heterocycles. The lowest BCUT2D eigenvalue weighted by molar-refractivity contribution is 0.0990. The minimum absolute atomic E-state index is 0.0487. The highest BCUT2D eigenvalue weighted by atomic mass is 19.2. The van der Waals surface area contributed by atoms with E-state index in [1.807, 2.05) is 0 Å². The van der Waals surface area contributed by atoms with Crippen molar-refractivity contribution in [3.05, 3.63) is 129 Å². The molecule has 224 valence electrons. The van der Waals surface area contributed by atoms with Crippen molar-refractivity contribution in [2.24, 2.45) is 0 Å². The number of Topliss-reactive ketones (excluding diaryl/α,β-unsaturated/α-hetero) is 2. The molecular weight excluding hydrogens is 552 g/mol. The zero-order valence-electron chi connectivity index (χ0n) is 25.8. The molecule has 0 unspecified atom stereocenters. The number of benzene rings is 4. The van der Waals surface area contributed by atoms with Gasteiger partial charge in [-0.05, 0) is 96.0 Å². The number of rotatable bonds is 8. The third kappa shape index (κ3) is 4.89. The molecule has 6 rings (SSSR count). The number of fused-ring (bicyclic) bond motifs is 3. The van der Waals surface area contributed by atoms with Crippen LogP contribution in [0.1, 0.15) is 102 Å². The Labute approximate surface area is 258 Å². The van der Waals surface area contributed by atoms with E-state index >= 15 is 0 Å². The minimum atomic E-state index is -1.13. The summed E-state index contributed by atoms with van der Waals surface area (Å²) in [4.78, 5) is 29.0. The van der Waals surface area contributed by atoms with Gasteiger partial charge in [0.15, 0.2) is 23.2 Å². The lowest BCUT2D eigenvalue weighted by atomic mass is 9.73. The fourth-order valence-electron chi connectivity index (χ4n) is 6.72. The molecule has 0 fully saturated rings. The van der Waals surface area contributed by atoms with Crippen molar-refractivity contribution in [2.45, 2.75) is 71.6 Å². The Balaban J connectivity index is 1.56. The van der Waals surface area contributed by atoms with Crippen LogP contribution in [0.25, 0.3) is 6.08 Å². The number of anilines is 3. The molecule has 3 nitrogen and oxygen atoms in total. The largest absolute Gasteiger partial charge is 0.310 e. The van der Waals surface area contributed by atoms with Crippen molar-refractivity contribution in [3.63, 3.8) is 0 Å². The standard InChI is InChI=1S/C39H37F2NO2/c1-5-7-13-24-21-36(42-34-17-11-9-15-30(34)39(3,4)31-16-10-12-18-35(31)42)25(14-8-6-2)19-26(24)20-29-37(43)27-22-32(40)33(41)23-28(27)38(29)44/h9-12,15-23H,5-8,13-14H2,1-4H3. The molecule has 2 aliphatic rings. The molecule has 4 aromatic carbocycles. The molecule has 4 aromatic rings. The summed E-state index contributed by atoms with van der Waals surface area (Å²) in [6.45, 7) is 8.84. The van der Waals surface area contributed by atoms with Gasteiger partial charge in [-0.1, -0.05) is 76.9 Å². The summed E-state index contributed by atoms with van der Waals surface area (Å²) in [5, 5.41) is 0. The van der Waals surface area contributed by atoms with Crippen LogP contribution in [0.3, 0.4) is 0 Å². The normalized spacial score (nSPS) is 14.9. The molecule has 1 heterocycles. The van der Waals surface area contributed by atoms with E-state index in [1.54, 1.807) is 6.08 Å². The Kier molecular flexibility index (Phi) is 7.83. The Morgan fingerprint density at radius 2 is 1.18 bits per heavy atom. The lowest BCUT2D eigenvalue weighted by Crippen LogP contribution is -2.31. The molecule has 0 amide bonds. The van der Waals surface area contributed by atoms with Gasteiger partial charge in [-0.25, -0.2) is 8.78 Å². The number of aryl methyl sites for hydroxylation is 2. The summed E-state index contributed by atoms with van der Waals surface area (Å²) in [5.74, 6) is -3.39. The first-order chi connectivity index (χ1) is 21.2. The molecule has 5 heteroatoms. The first-order valence-electron chi connectivity index (χ1n) is 15.6. The van der Waals surface area contributed by atoms with Gasteiger partial charge in [-0.2, -0.15) is 0 Å². The van der Waals surface area contributed by atoms with Gasteiger partial charge < -0.3 is 4.90 Å². The van der Waals surface area contributed by atoms with E-state index in [2.05, 4.69) is 93.3 Å². The van der Waals surface area contributed by atoms with Crippen molar-refractivity contribution < 1.29 is 18.4 Å². The molecular formula is C39H37F2NO2. The highest BCUT2D eigenvalue weighted by Gasteiger charge is 2.38. The molecule has 0 saturated carbocycles. The van der Waals surface area contributed by atoms with Crippen LogP contribution in [0.2, 0.25) is 0 Å². The highest BCUT2D eigenvalue weighted by molar-refractivity contribution is 6.41. The molecule has 44 heavy (non-hydrogen) atoms. The van der Waals surface area contributed by atoms with Crippen molar-refractivity contribution in [1.29, 1.82) is 0 Å². The lowest BCUT2D eigenvalue weighted by Gasteiger charge is -2.42. The number of allylic oxidation sites excluding steroid dienone is 1. The molecule has 0 aromatic heterocycles. The van der Waals surface area contributed by atoms with E-state index in [4.69, 9.17) is 0 Å². The predicted octanol–water partition coefficient (Wildman–Crippen LogP) is 10.2. The summed E-state index contributed by atoms with van der Waals surface area (Å²) in [6, 6.07) is 23.2. The van der Waals surface area contributed by atoms with E-state index in [-0.39, 0.29) is 22.1 Å². The number of ketones is 2. The van der Waals surface area contributed by atoms with Crippen LogP contribution in [0.4, 0.5) is 25.8 Å². The number of carbonyl (C=O) groups excluding carboxylic acids is 2. The molecule has 0 saturated heterocycles. The molecule has 0 spiro atoms. The third-order valence-corrected chi connectivity index (χ3v) is 9.16. The van der Waals surface area contributed by atoms with Crippen molar-refractivity contribution in [3.8, 4) is 0 Å². The molecule has 0 atom stereocenters. The zero-order valence-corrected chi connectivity index (χ0v) is 25.8. The quantitative estimate of drug-likeness (QED) is 0.152. The van der Waals surface area contributed by atoms with E-state index < -0.39 is 23.2 Å². The van der Waals surface area contributed by atoms with Gasteiger partial charge in [0.2, 0.25) is 0 Å². The maximum atomic E-state index is 14.0. The van der Waals surface area contributed by atoms with Gasteiger partial charge in [-0.15, -0.1) is 0 Å². The highest BCUT2D eigenvalue weighted by Crippen LogP contribution is 2.52. The summed E-state index contributed by atoms with van der Waals surface area (Å²) in [7, 11) is 0. The van der Waals surface area contributed by atoms with Crippen LogP contribution in [0.15, 0.2) is 78.4 Å². The van der Waals surface area contributed by atoms with Gasteiger partial charge in [0, 0.05) is 22.2 Å². The molecule has 1 aliphatic carbocycles. The smallest absolute Gasteiger partial charge is 0.197 e. The first kappa shape index (κ1) is 29.7. The number of nitrogens with zero attached hydrogens (tertiary/aromatic N) is 1. The monoisotopic (exact) mass is 589 g/mol. The Morgan fingerprint density at radius 1 is 0.682 bits per heavy atom. The second-order valence-electron chi connectivity index (χ2n) is 12.4. The average molecular weight is 590 g/mol. The van der Waals surface area contributed by atoms with E-state index in [0.717, 1.165) is 84.4 Å². The van der Waals surface area contributed by atoms with Crippen molar-refractivity contribution >= 4 is 34.7 Å². The second kappa shape index (κ2) is 11.6. The van der Waals surface area contributed by atoms with Crippen LogP contribution in [0.5, 0.6) is 0 Å². The minimum Gasteiger partial charge on any atom is -0.310 e. The Bertz CT molecular complexity index is 1740. The third-order valence-electron chi connectivity index (χ3n) is 9.16. The maximum Gasteiger partial charge on any atom is 0.197 e. The van der Waals surface area contributed by atoms with Crippen LogP contribution in [-0.2, 0) is 18.3 Å². The number of hydrogen-bond donors (Lipinski definition) is 0. The van der Waals surface area contributed by atoms with Crippen LogP contribution < -0.4 is 4.90 Å². The van der Waals surface area contributed by atoms with Crippen LogP contribution in [0, 0.1) is 11.6 Å². The van der Waals surface area contributed by atoms with Crippen molar-refractivity contribution in [2.75, 3.05) is 4.90 Å². The molecule has 0 N–H and O–H groups in total. The van der Waals surface area contributed by atoms with Crippen LogP contribution >= 0.6 is 0 Å². The van der Waals surface area contributed by atoms with E-state index in [1.165, 1.54) is 11.1 Å². The number of para-hydroxylation sites is 2. The Morgan fingerprint density at radius 3 is 1.70 bits per heavy atom. The number of halogens is 2. The number of hydrogen-bond acceptors (Lipinski definition) is 3.